The van der Waals surface area contributed by atoms with Crippen LogP contribution in [0, 0.1) is 0 Å². The van der Waals surface area contributed by atoms with E-state index in [0.717, 1.165) is 35.7 Å². The van der Waals surface area contributed by atoms with Gasteiger partial charge in [0.05, 0.1) is 6.54 Å². The first-order valence-electron chi connectivity index (χ1n) is 8.75. The molecule has 0 saturated carbocycles. The zero-order valence-corrected chi connectivity index (χ0v) is 15.6. The largest absolute Gasteiger partial charge is 0.356 e. The van der Waals surface area contributed by atoms with Gasteiger partial charge in [0.2, 0.25) is 5.91 Å². The van der Waals surface area contributed by atoms with Crippen molar-refractivity contribution in [1.29, 1.82) is 0 Å². The lowest BCUT2D eigenvalue weighted by Crippen LogP contribution is -2.44. The summed E-state index contributed by atoms with van der Waals surface area (Å²) in [5, 5.41) is 7.08. The van der Waals surface area contributed by atoms with Gasteiger partial charge in [-0.15, -0.1) is 0 Å². The Labute approximate surface area is 159 Å². The van der Waals surface area contributed by atoms with Crippen molar-refractivity contribution in [3.05, 3.63) is 64.7 Å². The minimum Gasteiger partial charge on any atom is -0.356 e. The molecule has 136 valence electrons. The zero-order chi connectivity index (χ0) is 18.4. The van der Waals surface area contributed by atoms with E-state index in [2.05, 4.69) is 21.7 Å². The molecule has 1 aliphatic rings. The third-order valence-electron chi connectivity index (χ3n) is 4.46. The summed E-state index contributed by atoms with van der Waals surface area (Å²) in [7, 11) is 1.69. The van der Waals surface area contributed by atoms with Gasteiger partial charge in [0.1, 0.15) is 0 Å². The van der Waals surface area contributed by atoms with Crippen LogP contribution in [0.25, 0.3) is 0 Å². The summed E-state index contributed by atoms with van der Waals surface area (Å²) < 4.78 is 0. The summed E-state index contributed by atoms with van der Waals surface area (Å²) >= 11 is 6.17. The van der Waals surface area contributed by atoms with Crippen molar-refractivity contribution in [2.24, 2.45) is 4.99 Å². The van der Waals surface area contributed by atoms with Crippen molar-refractivity contribution in [1.82, 2.24) is 10.6 Å². The average Bonchev–Trinajstić information content (AvgIpc) is 3.10. The molecule has 0 bridgehead atoms. The van der Waals surface area contributed by atoms with Crippen molar-refractivity contribution < 1.29 is 4.79 Å². The summed E-state index contributed by atoms with van der Waals surface area (Å²) in [6.45, 7) is 1.63. The number of guanidine groups is 1. The first-order chi connectivity index (χ1) is 12.7. The fourth-order valence-corrected chi connectivity index (χ4v) is 3.32. The highest BCUT2D eigenvalue weighted by atomic mass is 35.5. The van der Waals surface area contributed by atoms with Crippen LogP contribution in [0.5, 0.6) is 0 Å². The molecule has 0 unspecified atom stereocenters. The first-order valence-corrected chi connectivity index (χ1v) is 9.13. The van der Waals surface area contributed by atoms with Crippen LogP contribution in [0.4, 0.5) is 5.69 Å². The molecule has 1 heterocycles. The maximum Gasteiger partial charge on any atom is 0.246 e. The topological polar surface area (TPSA) is 56.7 Å². The van der Waals surface area contributed by atoms with Crippen molar-refractivity contribution >= 4 is 29.2 Å². The Morgan fingerprint density at radius 3 is 2.73 bits per heavy atom. The van der Waals surface area contributed by atoms with E-state index in [-0.39, 0.29) is 12.5 Å². The number of hydrogen-bond acceptors (Lipinski definition) is 2. The number of carbonyl (C=O) groups is 1. The first kappa shape index (κ1) is 18.3. The number of aliphatic imine (C=N–C) groups is 1. The van der Waals surface area contributed by atoms with Crippen LogP contribution in [-0.4, -0.2) is 38.5 Å². The Balaban J connectivity index is 1.47. The van der Waals surface area contributed by atoms with Gasteiger partial charge >= 0.3 is 0 Å². The molecule has 3 rings (SSSR count). The number of para-hydroxylation sites is 1. The van der Waals surface area contributed by atoms with E-state index >= 15 is 0 Å². The maximum atomic E-state index is 12.5. The highest BCUT2D eigenvalue weighted by Gasteiger charge is 2.23. The monoisotopic (exact) mass is 370 g/mol. The number of rotatable bonds is 5. The van der Waals surface area contributed by atoms with E-state index < -0.39 is 0 Å². The third-order valence-corrected chi connectivity index (χ3v) is 4.83. The van der Waals surface area contributed by atoms with E-state index in [1.807, 2.05) is 47.4 Å². The number of nitrogens with zero attached hydrogens (tertiary/aromatic N) is 2. The molecule has 2 N–H and O–H groups in total. The second-order valence-corrected chi connectivity index (χ2v) is 6.53. The third kappa shape index (κ3) is 4.35. The van der Waals surface area contributed by atoms with Gasteiger partial charge in [-0.2, -0.15) is 0 Å². The second kappa shape index (κ2) is 8.72. The lowest BCUT2D eigenvalue weighted by atomic mass is 10.1. The van der Waals surface area contributed by atoms with Crippen molar-refractivity contribution in [2.75, 3.05) is 31.6 Å². The van der Waals surface area contributed by atoms with Gasteiger partial charge in [-0.05, 0) is 36.1 Å². The van der Waals surface area contributed by atoms with Gasteiger partial charge in [-0.1, -0.05) is 48.0 Å². The molecule has 0 saturated heterocycles. The molecule has 2 aromatic rings. The SMILES string of the molecule is CN=C(NCCc1ccccc1Cl)NCC(=O)N1CCc2ccccc21. The minimum atomic E-state index is 0.0454. The van der Waals surface area contributed by atoms with E-state index in [0.29, 0.717) is 12.5 Å². The van der Waals surface area contributed by atoms with Crippen LogP contribution in [0.1, 0.15) is 11.1 Å². The van der Waals surface area contributed by atoms with E-state index in [9.17, 15) is 4.79 Å². The minimum absolute atomic E-state index is 0.0454. The number of carbonyl (C=O) groups excluding carboxylic acids is 1. The zero-order valence-electron chi connectivity index (χ0n) is 14.8. The Hall–Kier alpha value is -2.53. The molecular formula is C20H23ClN4O. The number of benzene rings is 2. The van der Waals surface area contributed by atoms with Gasteiger partial charge in [-0.3, -0.25) is 9.79 Å². The molecule has 2 aromatic carbocycles. The maximum absolute atomic E-state index is 12.5. The molecule has 0 radical (unpaired) electrons. The Morgan fingerprint density at radius 1 is 1.15 bits per heavy atom. The molecule has 26 heavy (non-hydrogen) atoms. The number of fused-ring (bicyclic) bond motifs is 1. The van der Waals surface area contributed by atoms with Crippen LogP contribution in [0.2, 0.25) is 5.02 Å². The standard InChI is InChI=1S/C20H23ClN4O/c1-22-20(23-12-10-15-6-2-4-8-17(15)21)24-14-19(26)25-13-11-16-7-3-5-9-18(16)25/h2-9H,10-14H2,1H3,(H2,22,23,24). The normalized spacial score (nSPS) is 13.5. The molecule has 0 aromatic heterocycles. The average molecular weight is 371 g/mol. The lowest BCUT2D eigenvalue weighted by molar-refractivity contribution is -0.117. The van der Waals surface area contributed by atoms with Gasteiger partial charge in [0.25, 0.3) is 0 Å². The molecule has 0 fully saturated rings. The number of nitrogens with one attached hydrogen (secondary N) is 2. The van der Waals surface area contributed by atoms with Gasteiger partial charge < -0.3 is 15.5 Å². The summed E-state index contributed by atoms with van der Waals surface area (Å²) in [5.41, 5.74) is 3.32. The fourth-order valence-electron chi connectivity index (χ4n) is 3.09. The van der Waals surface area contributed by atoms with Crippen LogP contribution < -0.4 is 15.5 Å². The Bertz CT molecular complexity index is 806. The molecule has 0 aliphatic carbocycles. The van der Waals surface area contributed by atoms with E-state index in [4.69, 9.17) is 11.6 Å². The van der Waals surface area contributed by atoms with Gasteiger partial charge in [0, 0.05) is 30.8 Å². The summed E-state index contributed by atoms with van der Waals surface area (Å²) in [4.78, 5) is 18.5. The number of anilines is 1. The smallest absolute Gasteiger partial charge is 0.246 e. The molecule has 0 spiro atoms. The molecular weight excluding hydrogens is 348 g/mol. The molecule has 1 aliphatic heterocycles. The van der Waals surface area contributed by atoms with E-state index in [1.54, 1.807) is 7.05 Å². The second-order valence-electron chi connectivity index (χ2n) is 6.12. The summed E-state index contributed by atoms with van der Waals surface area (Å²) in [6, 6.07) is 15.8. The Morgan fingerprint density at radius 2 is 1.92 bits per heavy atom. The van der Waals surface area contributed by atoms with Crippen molar-refractivity contribution in [2.45, 2.75) is 12.8 Å². The van der Waals surface area contributed by atoms with E-state index in [1.165, 1.54) is 5.56 Å². The number of hydrogen-bond donors (Lipinski definition) is 2. The van der Waals surface area contributed by atoms with Crippen molar-refractivity contribution in [3.63, 3.8) is 0 Å². The summed E-state index contributed by atoms with van der Waals surface area (Å²) in [6.07, 6.45) is 1.69. The fraction of sp³-hybridized carbons (Fsp3) is 0.300. The summed E-state index contributed by atoms with van der Waals surface area (Å²) in [5.74, 6) is 0.655. The van der Waals surface area contributed by atoms with Crippen LogP contribution >= 0.6 is 11.6 Å². The molecule has 5 nitrogen and oxygen atoms in total. The number of amides is 1. The van der Waals surface area contributed by atoms with Crippen LogP contribution in [0.15, 0.2) is 53.5 Å². The predicted molar refractivity (Wildman–Crippen MR) is 107 cm³/mol. The molecule has 1 amide bonds. The lowest BCUT2D eigenvalue weighted by Gasteiger charge is -2.19. The highest BCUT2D eigenvalue weighted by Crippen LogP contribution is 2.27. The quantitative estimate of drug-likeness (QED) is 0.628. The van der Waals surface area contributed by atoms with Gasteiger partial charge in [0.15, 0.2) is 5.96 Å². The van der Waals surface area contributed by atoms with Gasteiger partial charge in [-0.25, -0.2) is 0 Å². The van der Waals surface area contributed by atoms with Crippen molar-refractivity contribution in [3.8, 4) is 0 Å². The predicted octanol–water partition coefficient (Wildman–Crippen LogP) is 2.64. The highest BCUT2D eigenvalue weighted by molar-refractivity contribution is 6.31. The van der Waals surface area contributed by atoms with Crippen LogP contribution in [0.3, 0.4) is 0 Å². The molecule has 6 heteroatoms. The van der Waals surface area contributed by atoms with Crippen LogP contribution in [-0.2, 0) is 17.6 Å². The molecule has 0 atom stereocenters. The number of halogens is 1. The Kier molecular flexibility index (Phi) is 6.12.